The highest BCUT2D eigenvalue weighted by Crippen LogP contribution is 2.31. The van der Waals surface area contributed by atoms with Crippen molar-refractivity contribution in [3.63, 3.8) is 0 Å². The first-order valence-corrected chi connectivity index (χ1v) is 8.69. The van der Waals surface area contributed by atoms with Crippen LogP contribution in [-0.4, -0.2) is 22.9 Å². The fourth-order valence-electron chi connectivity index (χ4n) is 2.54. The molecule has 0 aliphatic rings. The molecule has 0 aliphatic heterocycles. The summed E-state index contributed by atoms with van der Waals surface area (Å²) in [6, 6.07) is 3.49. The molecule has 10 heteroatoms. The molecule has 0 spiro atoms. The summed E-state index contributed by atoms with van der Waals surface area (Å²) in [5.41, 5.74) is -1.05. The van der Waals surface area contributed by atoms with Gasteiger partial charge in [0.2, 0.25) is 5.43 Å². The number of benzene rings is 1. The molecule has 0 saturated carbocycles. The minimum atomic E-state index is -4.71. The highest BCUT2D eigenvalue weighted by Gasteiger charge is 2.34. The predicted octanol–water partition coefficient (Wildman–Crippen LogP) is 4.43. The van der Waals surface area contributed by atoms with Gasteiger partial charge in [-0.2, -0.15) is 18.3 Å². The van der Waals surface area contributed by atoms with Crippen molar-refractivity contribution in [2.24, 2.45) is 7.05 Å². The molecule has 1 heterocycles. The first kappa shape index (κ1) is 22.0. The Morgan fingerprint density at radius 3 is 2.50 bits per heavy atom. The Hall–Kier alpha value is -2.32. The third kappa shape index (κ3) is 4.56. The zero-order chi connectivity index (χ0) is 21.2. The summed E-state index contributed by atoms with van der Waals surface area (Å²) < 4.78 is 44.1. The molecule has 0 saturated heterocycles. The van der Waals surface area contributed by atoms with Crippen LogP contribution < -0.4 is 5.43 Å². The fraction of sp³-hybridized carbons (Fsp3) is 0.278. The van der Waals surface area contributed by atoms with Gasteiger partial charge < -0.3 is 4.74 Å². The molecule has 0 aliphatic carbocycles. The van der Waals surface area contributed by atoms with Gasteiger partial charge in [-0.15, -0.1) is 0 Å². The molecule has 1 aromatic heterocycles. The molecule has 0 N–H and O–H groups in total. The highest BCUT2D eigenvalue weighted by molar-refractivity contribution is 6.43. The van der Waals surface area contributed by atoms with Crippen molar-refractivity contribution in [2.75, 3.05) is 7.11 Å². The Balaban J connectivity index is 2.72. The maximum absolute atomic E-state index is 13.0. The van der Waals surface area contributed by atoms with Crippen molar-refractivity contribution in [1.82, 2.24) is 9.78 Å². The SMILES string of the molecule is CCc1cc(Cl)c(/C=C(\Cl)C(=O)OC)cc1-c1nn(C)c(C(F)(F)F)cc1=O. The number of carbonyl (C=O) groups is 1. The van der Waals surface area contributed by atoms with Gasteiger partial charge in [0.15, 0.2) is 0 Å². The Labute approximate surface area is 168 Å². The van der Waals surface area contributed by atoms with E-state index in [4.69, 9.17) is 23.2 Å². The molecule has 150 valence electrons. The molecule has 0 bridgehead atoms. The molecule has 0 fully saturated rings. The van der Waals surface area contributed by atoms with Crippen LogP contribution in [0.1, 0.15) is 23.7 Å². The maximum Gasteiger partial charge on any atom is 0.433 e. The minimum Gasteiger partial charge on any atom is -0.465 e. The van der Waals surface area contributed by atoms with Crippen molar-refractivity contribution in [3.05, 3.63) is 55.3 Å². The lowest BCUT2D eigenvalue weighted by molar-refractivity contribution is -0.144. The normalized spacial score (nSPS) is 12.2. The van der Waals surface area contributed by atoms with E-state index in [-0.39, 0.29) is 21.3 Å². The van der Waals surface area contributed by atoms with E-state index in [2.05, 4.69) is 9.84 Å². The van der Waals surface area contributed by atoms with Crippen LogP contribution in [0.5, 0.6) is 0 Å². The van der Waals surface area contributed by atoms with Crippen molar-refractivity contribution in [3.8, 4) is 11.3 Å². The van der Waals surface area contributed by atoms with E-state index in [0.29, 0.717) is 28.3 Å². The molecular formula is C18H15Cl2F3N2O3. The smallest absolute Gasteiger partial charge is 0.433 e. The molecule has 0 radical (unpaired) electrons. The van der Waals surface area contributed by atoms with E-state index in [1.165, 1.54) is 12.1 Å². The van der Waals surface area contributed by atoms with Gasteiger partial charge in [0.05, 0.1) is 7.11 Å². The number of methoxy groups -OCH3 is 1. The standard InChI is InChI=1S/C18H15Cl2F3N2O3/c1-4-9-6-12(19)10(7-13(20)17(27)28-3)5-11(9)16-14(26)8-15(18(21,22)23)25(2)24-16/h5-8H,4H2,1-3H3/b13-7-. The number of halogens is 5. The summed E-state index contributed by atoms with van der Waals surface area (Å²) in [6.45, 7) is 1.79. The lowest BCUT2D eigenvalue weighted by atomic mass is 9.98. The lowest BCUT2D eigenvalue weighted by Crippen LogP contribution is -2.23. The molecule has 2 aromatic rings. The Kier molecular flexibility index (Phi) is 6.56. The molecule has 0 unspecified atom stereocenters. The molecule has 0 amide bonds. The summed E-state index contributed by atoms with van der Waals surface area (Å²) in [7, 11) is 2.25. The number of nitrogens with zero attached hydrogens (tertiary/aromatic N) is 2. The van der Waals surface area contributed by atoms with Gasteiger partial charge in [0.25, 0.3) is 0 Å². The average Bonchev–Trinajstić information content (AvgIpc) is 2.62. The maximum atomic E-state index is 13.0. The van der Waals surface area contributed by atoms with Crippen LogP contribution in [0.15, 0.2) is 28.0 Å². The highest BCUT2D eigenvalue weighted by atomic mass is 35.5. The van der Waals surface area contributed by atoms with E-state index >= 15 is 0 Å². The van der Waals surface area contributed by atoms with Gasteiger partial charge in [-0.1, -0.05) is 30.1 Å². The van der Waals surface area contributed by atoms with Gasteiger partial charge in [0, 0.05) is 23.7 Å². The number of aryl methyl sites for hydroxylation is 2. The number of ether oxygens (including phenoxy) is 1. The van der Waals surface area contributed by atoms with Gasteiger partial charge in [-0.05, 0) is 35.8 Å². The summed E-state index contributed by atoms with van der Waals surface area (Å²) >= 11 is 12.1. The Bertz CT molecular complexity index is 1010. The second-order valence-electron chi connectivity index (χ2n) is 5.73. The van der Waals surface area contributed by atoms with Crippen LogP contribution in [0.25, 0.3) is 17.3 Å². The third-order valence-electron chi connectivity index (χ3n) is 3.91. The number of hydrogen-bond donors (Lipinski definition) is 0. The van der Waals surface area contributed by atoms with Crippen molar-refractivity contribution in [2.45, 2.75) is 19.5 Å². The van der Waals surface area contributed by atoms with Crippen LogP contribution in [0.2, 0.25) is 5.02 Å². The molecule has 2 rings (SSSR count). The van der Waals surface area contributed by atoms with Gasteiger partial charge in [-0.3, -0.25) is 9.48 Å². The second kappa shape index (κ2) is 8.36. The average molecular weight is 435 g/mol. The van der Waals surface area contributed by atoms with Gasteiger partial charge >= 0.3 is 12.1 Å². The van der Waals surface area contributed by atoms with E-state index in [0.717, 1.165) is 14.2 Å². The molecule has 28 heavy (non-hydrogen) atoms. The quantitative estimate of drug-likeness (QED) is 0.527. The van der Waals surface area contributed by atoms with Gasteiger partial charge in [-0.25, -0.2) is 4.79 Å². The zero-order valence-corrected chi connectivity index (χ0v) is 16.5. The zero-order valence-electron chi connectivity index (χ0n) is 15.0. The largest absolute Gasteiger partial charge is 0.465 e. The molecular weight excluding hydrogens is 420 g/mol. The summed E-state index contributed by atoms with van der Waals surface area (Å²) in [5, 5.41) is 3.80. The van der Waals surface area contributed by atoms with Crippen LogP contribution in [0.3, 0.4) is 0 Å². The van der Waals surface area contributed by atoms with Crippen molar-refractivity contribution < 1.29 is 22.7 Å². The van der Waals surface area contributed by atoms with E-state index in [1.807, 2.05) is 0 Å². The first-order valence-electron chi connectivity index (χ1n) is 7.93. The Morgan fingerprint density at radius 2 is 1.96 bits per heavy atom. The number of carbonyl (C=O) groups excluding carboxylic acids is 1. The molecule has 5 nitrogen and oxygen atoms in total. The summed E-state index contributed by atoms with van der Waals surface area (Å²) in [5.74, 6) is -0.789. The van der Waals surface area contributed by atoms with Crippen molar-refractivity contribution >= 4 is 35.2 Å². The number of hydrogen-bond acceptors (Lipinski definition) is 4. The Morgan fingerprint density at radius 1 is 1.32 bits per heavy atom. The number of esters is 1. The molecule has 0 atom stereocenters. The number of rotatable bonds is 4. The van der Waals surface area contributed by atoms with Gasteiger partial charge in [0.1, 0.15) is 16.4 Å². The topological polar surface area (TPSA) is 61.2 Å². The number of alkyl halides is 3. The van der Waals surface area contributed by atoms with Crippen LogP contribution >= 0.6 is 23.2 Å². The van der Waals surface area contributed by atoms with E-state index in [9.17, 15) is 22.8 Å². The van der Waals surface area contributed by atoms with Crippen LogP contribution in [0.4, 0.5) is 13.2 Å². The van der Waals surface area contributed by atoms with Crippen molar-refractivity contribution in [1.29, 1.82) is 0 Å². The fourth-order valence-corrected chi connectivity index (χ4v) is 2.97. The first-order chi connectivity index (χ1) is 13.0. The monoisotopic (exact) mass is 434 g/mol. The summed E-state index contributed by atoms with van der Waals surface area (Å²) in [4.78, 5) is 23.9. The second-order valence-corrected chi connectivity index (χ2v) is 6.55. The summed E-state index contributed by atoms with van der Waals surface area (Å²) in [6.07, 6.45) is -3.03. The lowest BCUT2D eigenvalue weighted by Gasteiger charge is -2.14. The number of aromatic nitrogens is 2. The minimum absolute atomic E-state index is 0.173. The molecule has 1 aromatic carbocycles. The van der Waals surface area contributed by atoms with E-state index < -0.39 is 23.3 Å². The van der Waals surface area contributed by atoms with E-state index in [1.54, 1.807) is 13.0 Å². The third-order valence-corrected chi connectivity index (χ3v) is 4.50. The predicted molar refractivity (Wildman–Crippen MR) is 100 cm³/mol. The van der Waals surface area contributed by atoms with Crippen LogP contribution in [-0.2, 0) is 29.2 Å². The van der Waals surface area contributed by atoms with Crippen LogP contribution in [0, 0.1) is 0 Å².